The van der Waals surface area contributed by atoms with Crippen LogP contribution in [0.3, 0.4) is 0 Å². The molecular formula is C33H39N3O5. The molecule has 2 fully saturated rings. The number of ketones is 1. The molecule has 3 N–H and O–H groups in total. The summed E-state index contributed by atoms with van der Waals surface area (Å²) in [6.07, 6.45) is 3.15. The average Bonchev–Trinajstić information content (AvgIpc) is 3.82. The predicted molar refractivity (Wildman–Crippen MR) is 159 cm³/mol. The van der Waals surface area contributed by atoms with Gasteiger partial charge in [-0.3, -0.25) is 9.59 Å². The first-order chi connectivity index (χ1) is 19.8. The van der Waals surface area contributed by atoms with E-state index in [1.807, 2.05) is 62.4 Å². The van der Waals surface area contributed by atoms with Crippen molar-refractivity contribution in [2.45, 2.75) is 70.4 Å². The molecule has 5 rings (SSSR count). The highest BCUT2D eigenvalue weighted by molar-refractivity contribution is 6.09. The fourth-order valence-electron chi connectivity index (χ4n) is 5.99. The number of carbonyl (C=O) groups is 2. The Hall–Kier alpha value is -4.07. The average molecular weight is 558 g/mol. The molecule has 216 valence electrons. The Morgan fingerprint density at radius 2 is 1.51 bits per heavy atom. The Morgan fingerprint density at radius 3 is 2.02 bits per heavy atom. The lowest BCUT2D eigenvalue weighted by atomic mass is 9.65. The third-order valence-corrected chi connectivity index (χ3v) is 8.49. The van der Waals surface area contributed by atoms with Crippen molar-refractivity contribution in [3.63, 3.8) is 0 Å². The monoisotopic (exact) mass is 557 g/mol. The van der Waals surface area contributed by atoms with Gasteiger partial charge in [0, 0.05) is 19.5 Å². The molecule has 2 aliphatic rings. The number of pyridine rings is 1. The number of rotatable bonds is 11. The number of anilines is 2. The minimum absolute atomic E-state index is 0.113. The van der Waals surface area contributed by atoms with Gasteiger partial charge in [0.2, 0.25) is 0 Å². The number of hydrogen-bond acceptors (Lipinski definition) is 7. The number of carbonyl (C=O) groups excluding carboxylic acids is 1. The second-order valence-electron chi connectivity index (χ2n) is 11.4. The summed E-state index contributed by atoms with van der Waals surface area (Å²) < 4.78 is 10.6. The van der Waals surface area contributed by atoms with Crippen LogP contribution >= 0.6 is 0 Å². The van der Waals surface area contributed by atoms with Crippen molar-refractivity contribution < 1.29 is 24.2 Å². The van der Waals surface area contributed by atoms with Crippen molar-refractivity contribution in [2.75, 3.05) is 24.9 Å². The van der Waals surface area contributed by atoms with Crippen LogP contribution in [0.2, 0.25) is 0 Å². The number of nitrogens with one attached hydrogen (secondary N) is 2. The Balaban J connectivity index is 1.59. The van der Waals surface area contributed by atoms with Gasteiger partial charge in [0.1, 0.15) is 17.3 Å². The minimum Gasteiger partial charge on any atom is -0.497 e. The number of Topliss-reactive ketones (excluding diaryl/α,β-unsaturated/α-hetero) is 1. The molecule has 2 aliphatic carbocycles. The van der Waals surface area contributed by atoms with Crippen LogP contribution < -0.4 is 20.1 Å². The zero-order valence-electron chi connectivity index (χ0n) is 24.3. The first kappa shape index (κ1) is 28.5. The number of aromatic nitrogens is 1. The summed E-state index contributed by atoms with van der Waals surface area (Å²) in [6.45, 7) is 5.08. The highest BCUT2D eigenvalue weighted by Gasteiger charge is 2.54. The van der Waals surface area contributed by atoms with E-state index in [4.69, 9.17) is 14.5 Å². The van der Waals surface area contributed by atoms with E-state index >= 15 is 0 Å². The molecule has 2 saturated carbocycles. The molecule has 41 heavy (non-hydrogen) atoms. The van der Waals surface area contributed by atoms with Crippen LogP contribution in [0.5, 0.6) is 11.5 Å². The van der Waals surface area contributed by atoms with Crippen LogP contribution in [0.1, 0.15) is 72.9 Å². The normalized spacial score (nSPS) is 20.4. The van der Waals surface area contributed by atoms with Gasteiger partial charge < -0.3 is 25.2 Å². The minimum atomic E-state index is -1.63. The molecule has 0 spiro atoms. The van der Waals surface area contributed by atoms with Crippen LogP contribution in [0, 0.1) is 12.8 Å². The number of carboxylic acid groups (broad SMARTS) is 1. The van der Waals surface area contributed by atoms with Crippen molar-refractivity contribution in [3.8, 4) is 11.5 Å². The molecule has 0 bridgehead atoms. The zero-order chi connectivity index (χ0) is 29.1. The first-order valence-electron chi connectivity index (χ1n) is 14.3. The lowest BCUT2D eigenvalue weighted by Gasteiger charge is -2.37. The molecule has 0 aliphatic heterocycles. The zero-order valence-corrected chi connectivity index (χ0v) is 24.3. The van der Waals surface area contributed by atoms with Gasteiger partial charge in [-0.15, -0.1) is 0 Å². The molecular weight excluding hydrogens is 518 g/mol. The number of nitrogens with zero attached hydrogens (tertiary/aromatic N) is 1. The Bertz CT molecular complexity index is 1420. The van der Waals surface area contributed by atoms with Gasteiger partial charge >= 0.3 is 5.97 Å². The fourth-order valence-corrected chi connectivity index (χ4v) is 5.99. The number of carboxylic acids is 1. The van der Waals surface area contributed by atoms with Crippen LogP contribution in [-0.2, 0) is 28.1 Å². The van der Waals surface area contributed by atoms with E-state index in [1.165, 1.54) is 0 Å². The number of ether oxygens (including phenoxy) is 2. The molecule has 0 radical (unpaired) electrons. The van der Waals surface area contributed by atoms with E-state index in [9.17, 15) is 14.7 Å². The molecule has 2 unspecified atom stereocenters. The van der Waals surface area contributed by atoms with Gasteiger partial charge in [-0.05, 0) is 91.0 Å². The standard InChI is InChI=1S/C33H39N3O5/c1-20-5-16-27(37)33(17-20,32(38)39)30-28(24-10-11-24)21(2)29(34-18-22-6-12-25(40-3)13-7-22)31(36-30)35-19-23-8-14-26(41-4)15-9-23/h6-9,12-15,20,24,34H,5,10-11,16-19H2,1-4H3,(H,35,36)(H,38,39). The lowest BCUT2D eigenvalue weighted by molar-refractivity contribution is -0.151. The Morgan fingerprint density at radius 1 is 0.951 bits per heavy atom. The van der Waals surface area contributed by atoms with Crippen molar-refractivity contribution in [2.24, 2.45) is 5.92 Å². The summed E-state index contributed by atoms with van der Waals surface area (Å²) in [5.41, 5.74) is 3.59. The van der Waals surface area contributed by atoms with Crippen LogP contribution in [0.25, 0.3) is 0 Å². The molecule has 0 amide bonds. The Labute approximate surface area is 241 Å². The van der Waals surface area contributed by atoms with Gasteiger partial charge in [0.05, 0.1) is 25.6 Å². The SMILES string of the molecule is COc1ccc(CNc2nc(C3(C(=O)O)CC(C)CCC3=O)c(C3CC3)c(C)c2NCc2ccc(OC)cc2)cc1. The predicted octanol–water partition coefficient (Wildman–Crippen LogP) is 6.22. The van der Waals surface area contributed by atoms with E-state index in [-0.39, 0.29) is 30.5 Å². The topological polar surface area (TPSA) is 110 Å². The molecule has 8 nitrogen and oxygen atoms in total. The molecule has 0 saturated heterocycles. The highest BCUT2D eigenvalue weighted by atomic mass is 16.5. The second-order valence-corrected chi connectivity index (χ2v) is 11.4. The van der Waals surface area contributed by atoms with Gasteiger partial charge in [0.15, 0.2) is 11.2 Å². The summed E-state index contributed by atoms with van der Waals surface area (Å²) >= 11 is 0. The van der Waals surface area contributed by atoms with Crippen LogP contribution in [0.15, 0.2) is 48.5 Å². The maximum atomic E-state index is 13.5. The van der Waals surface area contributed by atoms with Gasteiger partial charge in [-0.1, -0.05) is 31.2 Å². The summed E-state index contributed by atoms with van der Waals surface area (Å²) in [4.78, 5) is 31.6. The summed E-state index contributed by atoms with van der Waals surface area (Å²) in [5.74, 6) is 1.10. The molecule has 2 aromatic carbocycles. The van der Waals surface area contributed by atoms with Gasteiger partial charge in [-0.25, -0.2) is 4.98 Å². The molecule has 8 heteroatoms. The quantitative estimate of drug-likeness (QED) is 0.238. The molecule has 1 heterocycles. The van der Waals surface area contributed by atoms with E-state index in [1.54, 1.807) is 14.2 Å². The van der Waals surface area contributed by atoms with Crippen molar-refractivity contribution in [1.29, 1.82) is 0 Å². The van der Waals surface area contributed by atoms with E-state index in [0.717, 1.165) is 52.3 Å². The van der Waals surface area contributed by atoms with Crippen molar-refractivity contribution in [3.05, 3.63) is 76.5 Å². The molecule has 1 aromatic heterocycles. The number of benzene rings is 2. The van der Waals surface area contributed by atoms with Crippen LogP contribution in [-0.4, -0.2) is 36.1 Å². The number of hydrogen-bond donors (Lipinski definition) is 3. The van der Waals surface area contributed by atoms with Gasteiger partial charge in [0.25, 0.3) is 0 Å². The molecule has 3 aromatic rings. The highest BCUT2D eigenvalue weighted by Crippen LogP contribution is 2.51. The first-order valence-corrected chi connectivity index (χ1v) is 14.3. The van der Waals surface area contributed by atoms with E-state index < -0.39 is 11.4 Å². The second kappa shape index (κ2) is 11.8. The van der Waals surface area contributed by atoms with E-state index in [0.29, 0.717) is 31.0 Å². The Kier molecular flexibility index (Phi) is 8.20. The fraction of sp³-hybridized carbons (Fsp3) is 0.424. The number of aliphatic carboxylic acids is 1. The third kappa shape index (κ3) is 5.73. The largest absolute Gasteiger partial charge is 0.497 e. The summed E-state index contributed by atoms with van der Waals surface area (Å²) in [6, 6.07) is 15.6. The van der Waals surface area contributed by atoms with Crippen LogP contribution in [0.4, 0.5) is 11.5 Å². The third-order valence-electron chi connectivity index (χ3n) is 8.49. The smallest absolute Gasteiger partial charge is 0.323 e. The van der Waals surface area contributed by atoms with Gasteiger partial charge in [-0.2, -0.15) is 0 Å². The van der Waals surface area contributed by atoms with Crippen molar-refractivity contribution >= 4 is 23.3 Å². The lowest BCUT2D eigenvalue weighted by Crippen LogP contribution is -2.49. The summed E-state index contributed by atoms with van der Waals surface area (Å²) in [5, 5.41) is 17.7. The maximum Gasteiger partial charge on any atom is 0.323 e. The number of methoxy groups -OCH3 is 2. The maximum absolute atomic E-state index is 13.5. The van der Waals surface area contributed by atoms with E-state index in [2.05, 4.69) is 10.6 Å². The van der Waals surface area contributed by atoms with Crippen molar-refractivity contribution in [1.82, 2.24) is 4.98 Å². The molecule has 2 atom stereocenters. The summed E-state index contributed by atoms with van der Waals surface area (Å²) in [7, 11) is 3.28.